The first-order chi connectivity index (χ1) is 6.11. The van der Waals surface area contributed by atoms with Gasteiger partial charge in [0.25, 0.3) is 0 Å². The van der Waals surface area contributed by atoms with Crippen LogP contribution in [0.2, 0.25) is 6.82 Å². The molecule has 2 saturated heterocycles. The maximum atomic E-state index is 6.00. The summed E-state index contributed by atoms with van der Waals surface area (Å²) >= 11 is 0. The van der Waals surface area contributed by atoms with Gasteiger partial charge in [-0.3, -0.25) is 0 Å². The van der Waals surface area contributed by atoms with Crippen LogP contribution in [0, 0.1) is 17.8 Å². The van der Waals surface area contributed by atoms with E-state index in [2.05, 4.69) is 13.8 Å². The third-order valence-electron chi connectivity index (χ3n) is 4.61. The Labute approximate surface area is 80.1 Å². The summed E-state index contributed by atoms with van der Waals surface area (Å²) in [6, 6.07) is 0. The second-order valence-electron chi connectivity index (χ2n) is 5.18. The molecule has 0 spiro atoms. The minimum Gasteiger partial charge on any atom is -0.408 e. The van der Waals surface area contributed by atoms with Crippen LogP contribution < -0.4 is 0 Å². The van der Waals surface area contributed by atoms with Crippen LogP contribution in [0.1, 0.15) is 26.7 Å². The lowest BCUT2D eigenvalue weighted by Gasteiger charge is -2.60. The Morgan fingerprint density at radius 3 is 2.85 bits per heavy atom. The van der Waals surface area contributed by atoms with E-state index >= 15 is 0 Å². The van der Waals surface area contributed by atoms with Crippen LogP contribution in [0.3, 0.4) is 0 Å². The highest BCUT2D eigenvalue weighted by molar-refractivity contribution is 6.42. The van der Waals surface area contributed by atoms with Crippen molar-refractivity contribution in [3.63, 3.8) is 0 Å². The van der Waals surface area contributed by atoms with Crippen LogP contribution in [0.15, 0.2) is 0 Å². The van der Waals surface area contributed by atoms with E-state index in [1.807, 2.05) is 6.82 Å². The summed E-state index contributed by atoms with van der Waals surface area (Å²) in [6.07, 6.45) is 3.05. The van der Waals surface area contributed by atoms with Crippen molar-refractivity contribution >= 4 is 7.12 Å². The van der Waals surface area contributed by atoms with Gasteiger partial charge in [0, 0.05) is 6.10 Å². The van der Waals surface area contributed by atoms with Gasteiger partial charge >= 0.3 is 7.12 Å². The van der Waals surface area contributed by atoms with Gasteiger partial charge in [0.2, 0.25) is 0 Å². The summed E-state index contributed by atoms with van der Waals surface area (Å²) in [7, 11) is 0.00718. The van der Waals surface area contributed by atoms with Crippen molar-refractivity contribution in [3.8, 4) is 0 Å². The Kier molecular flexibility index (Phi) is 1.48. The molecule has 5 rings (SSSR count). The van der Waals surface area contributed by atoms with Gasteiger partial charge in [0.15, 0.2) is 0 Å². The predicted octanol–water partition coefficient (Wildman–Crippen LogP) is 1.95. The molecular weight excluding hydrogens is 163 g/mol. The van der Waals surface area contributed by atoms with Crippen LogP contribution >= 0.6 is 0 Å². The van der Waals surface area contributed by atoms with Crippen molar-refractivity contribution in [2.24, 2.45) is 17.8 Å². The van der Waals surface area contributed by atoms with Crippen LogP contribution in [0.25, 0.3) is 0 Å². The maximum Gasteiger partial charge on any atom is 0.454 e. The Bertz CT molecular complexity index is 245. The Morgan fingerprint density at radius 1 is 1.38 bits per heavy atom. The van der Waals surface area contributed by atoms with Gasteiger partial charge in [-0.25, -0.2) is 0 Å². The monoisotopic (exact) mass is 180 g/mol. The number of fused-ring (bicyclic) bond motifs is 2. The average molecular weight is 180 g/mol. The zero-order valence-electron chi connectivity index (χ0n) is 8.62. The minimum atomic E-state index is 0.00718. The highest BCUT2D eigenvalue weighted by Gasteiger charge is 2.63. The van der Waals surface area contributed by atoms with E-state index in [9.17, 15) is 0 Å². The smallest absolute Gasteiger partial charge is 0.408 e. The van der Waals surface area contributed by atoms with Crippen molar-refractivity contribution in [1.82, 2.24) is 0 Å². The normalized spacial score (nSPS) is 58.8. The molecule has 0 aromatic heterocycles. The summed E-state index contributed by atoms with van der Waals surface area (Å²) in [5.41, 5.74) is 0.145. The van der Waals surface area contributed by atoms with Crippen LogP contribution in [-0.4, -0.2) is 18.8 Å². The molecule has 5 aliphatic rings. The molecule has 0 radical (unpaired) electrons. The van der Waals surface area contributed by atoms with E-state index in [-0.39, 0.29) is 12.7 Å². The van der Waals surface area contributed by atoms with Crippen molar-refractivity contribution in [2.75, 3.05) is 0 Å². The van der Waals surface area contributed by atoms with E-state index in [0.29, 0.717) is 12.0 Å². The summed E-state index contributed by atoms with van der Waals surface area (Å²) < 4.78 is 11.9. The fourth-order valence-electron chi connectivity index (χ4n) is 3.73. The second kappa shape index (κ2) is 2.32. The minimum absolute atomic E-state index is 0.00718. The number of hydrogen-bond donors (Lipinski definition) is 0. The van der Waals surface area contributed by atoms with Gasteiger partial charge in [-0.05, 0) is 44.3 Å². The van der Waals surface area contributed by atoms with E-state index < -0.39 is 0 Å². The highest BCUT2D eigenvalue weighted by Crippen LogP contribution is 2.60. The third-order valence-corrected chi connectivity index (χ3v) is 4.61. The molecule has 0 aromatic carbocycles. The molecule has 0 amide bonds. The molecule has 3 aliphatic carbocycles. The zero-order chi connectivity index (χ0) is 9.22. The lowest BCUT2D eigenvalue weighted by molar-refractivity contribution is -0.170. The molecule has 2 nitrogen and oxygen atoms in total. The quantitative estimate of drug-likeness (QED) is 0.530. The molecule has 5 fully saturated rings. The molecule has 72 valence electrons. The average Bonchev–Trinajstić information content (AvgIpc) is 2.17. The summed E-state index contributed by atoms with van der Waals surface area (Å²) in [6.45, 7) is 6.64. The van der Waals surface area contributed by atoms with Crippen molar-refractivity contribution in [1.29, 1.82) is 0 Å². The highest BCUT2D eigenvalue weighted by atomic mass is 16.6. The molecule has 2 heterocycles. The Balaban J connectivity index is 1.98. The van der Waals surface area contributed by atoms with Gasteiger partial charge in [0.1, 0.15) is 0 Å². The first kappa shape index (κ1) is 8.31. The van der Waals surface area contributed by atoms with Gasteiger partial charge in [-0.15, -0.1) is 0 Å². The molecule has 0 unspecified atom stereocenters. The molecule has 3 heteroatoms. The standard InChI is InChI=1S/C10H17BO2/c1-6-8-4-7-5-9(6)12-11(3)13-10(7,8)2/h6-9H,4-5H2,1-3H3/t6-,7+,8-,9-,10-/m1/s1. The first-order valence-corrected chi connectivity index (χ1v) is 5.44. The molecule has 2 aliphatic heterocycles. The SMILES string of the molecule is CB1O[C@@H]2C[C@@H]3C[C@H]([C@H]2C)[C@]3(C)O1. The lowest BCUT2D eigenvalue weighted by atomic mass is 9.50. The molecule has 3 saturated carbocycles. The lowest BCUT2D eigenvalue weighted by Crippen LogP contribution is -2.62. The van der Waals surface area contributed by atoms with Crippen LogP contribution in [0.5, 0.6) is 0 Å². The summed E-state index contributed by atoms with van der Waals surface area (Å²) in [5.74, 6) is 2.21. The largest absolute Gasteiger partial charge is 0.454 e. The van der Waals surface area contributed by atoms with Crippen molar-refractivity contribution < 1.29 is 9.31 Å². The third kappa shape index (κ3) is 0.874. The Hall–Kier alpha value is -0.0151. The van der Waals surface area contributed by atoms with Crippen LogP contribution in [0.4, 0.5) is 0 Å². The summed E-state index contributed by atoms with van der Waals surface area (Å²) in [5, 5.41) is 0. The van der Waals surface area contributed by atoms with Crippen molar-refractivity contribution in [2.45, 2.75) is 45.2 Å². The van der Waals surface area contributed by atoms with Crippen molar-refractivity contribution in [3.05, 3.63) is 0 Å². The molecule has 4 bridgehead atoms. The number of hydrogen-bond acceptors (Lipinski definition) is 2. The first-order valence-electron chi connectivity index (χ1n) is 5.44. The topological polar surface area (TPSA) is 18.5 Å². The van der Waals surface area contributed by atoms with Gasteiger partial charge in [-0.2, -0.15) is 0 Å². The zero-order valence-corrected chi connectivity index (χ0v) is 8.62. The van der Waals surface area contributed by atoms with E-state index in [0.717, 1.165) is 11.8 Å². The second-order valence-corrected chi connectivity index (χ2v) is 5.18. The predicted molar refractivity (Wildman–Crippen MR) is 51.4 cm³/mol. The maximum absolute atomic E-state index is 6.00. The fraction of sp³-hybridized carbons (Fsp3) is 1.00. The summed E-state index contributed by atoms with van der Waals surface area (Å²) in [4.78, 5) is 0. The molecule has 0 N–H and O–H groups in total. The van der Waals surface area contributed by atoms with E-state index in [4.69, 9.17) is 9.31 Å². The molecular formula is C10H17BO2. The van der Waals surface area contributed by atoms with Gasteiger partial charge < -0.3 is 9.31 Å². The van der Waals surface area contributed by atoms with E-state index in [1.165, 1.54) is 12.8 Å². The fourth-order valence-corrected chi connectivity index (χ4v) is 3.73. The Morgan fingerprint density at radius 2 is 2.15 bits per heavy atom. The van der Waals surface area contributed by atoms with Crippen LogP contribution in [-0.2, 0) is 9.31 Å². The molecule has 0 aromatic rings. The number of rotatable bonds is 0. The molecule has 13 heavy (non-hydrogen) atoms. The van der Waals surface area contributed by atoms with Gasteiger partial charge in [0.05, 0.1) is 5.60 Å². The van der Waals surface area contributed by atoms with Gasteiger partial charge in [-0.1, -0.05) is 6.92 Å². The van der Waals surface area contributed by atoms with E-state index in [1.54, 1.807) is 0 Å². The molecule has 5 atom stereocenters.